The second-order valence-corrected chi connectivity index (χ2v) is 6.40. The van der Waals surface area contributed by atoms with E-state index in [1.54, 1.807) is 6.07 Å². The molecule has 7 nitrogen and oxygen atoms in total. The van der Waals surface area contributed by atoms with Crippen LogP contribution in [-0.2, 0) is 21.4 Å². The highest BCUT2D eigenvalue weighted by molar-refractivity contribution is 7.89. The fraction of sp³-hybridized carbons (Fsp3) is 0.500. The van der Waals surface area contributed by atoms with Gasteiger partial charge in [0.15, 0.2) is 0 Å². The van der Waals surface area contributed by atoms with Crippen molar-refractivity contribution in [3.63, 3.8) is 0 Å². The van der Waals surface area contributed by atoms with Crippen LogP contribution in [-0.4, -0.2) is 43.2 Å². The van der Waals surface area contributed by atoms with E-state index >= 15 is 0 Å². The lowest BCUT2D eigenvalue weighted by atomic mass is 10.2. The van der Waals surface area contributed by atoms with E-state index in [1.165, 1.54) is 23.6 Å². The molecule has 1 saturated heterocycles. The van der Waals surface area contributed by atoms with Gasteiger partial charge in [0.1, 0.15) is 10.9 Å². The van der Waals surface area contributed by atoms with E-state index in [2.05, 4.69) is 10.3 Å². The SMILES string of the molecule is CNC(=O)C1CCCN1S(=O)(=O)c1cccnc1CN. The third-order valence-corrected chi connectivity index (χ3v) is 5.36. The van der Waals surface area contributed by atoms with E-state index in [-0.39, 0.29) is 17.3 Å². The van der Waals surface area contributed by atoms with Crippen molar-refractivity contribution in [1.29, 1.82) is 0 Å². The second-order valence-electron chi connectivity index (χ2n) is 4.54. The first-order valence-corrected chi connectivity index (χ1v) is 7.83. The zero-order valence-corrected chi connectivity index (χ0v) is 12.1. The molecule has 0 saturated carbocycles. The number of aromatic nitrogens is 1. The van der Waals surface area contributed by atoms with Crippen LogP contribution in [0.2, 0.25) is 0 Å². The van der Waals surface area contributed by atoms with Gasteiger partial charge in [-0.3, -0.25) is 9.78 Å². The number of carbonyl (C=O) groups is 1. The number of sulfonamides is 1. The molecule has 1 fully saturated rings. The Morgan fingerprint density at radius 3 is 3.00 bits per heavy atom. The summed E-state index contributed by atoms with van der Waals surface area (Å²) in [5.41, 5.74) is 5.86. The van der Waals surface area contributed by atoms with Gasteiger partial charge in [-0.25, -0.2) is 8.42 Å². The molecule has 1 aliphatic heterocycles. The highest BCUT2D eigenvalue weighted by atomic mass is 32.2. The Morgan fingerprint density at radius 1 is 1.60 bits per heavy atom. The quantitative estimate of drug-likeness (QED) is 0.775. The number of hydrogen-bond donors (Lipinski definition) is 2. The Kier molecular flexibility index (Phi) is 4.36. The lowest BCUT2D eigenvalue weighted by Crippen LogP contribution is -2.45. The van der Waals surface area contributed by atoms with Crippen LogP contribution in [0.1, 0.15) is 18.5 Å². The first-order valence-electron chi connectivity index (χ1n) is 6.39. The summed E-state index contributed by atoms with van der Waals surface area (Å²) in [6.45, 7) is 0.368. The molecule has 110 valence electrons. The van der Waals surface area contributed by atoms with Crippen LogP contribution in [0.5, 0.6) is 0 Å². The summed E-state index contributed by atoms with van der Waals surface area (Å²) in [7, 11) is -2.25. The molecule has 20 heavy (non-hydrogen) atoms. The normalized spacial score (nSPS) is 20.0. The van der Waals surface area contributed by atoms with Gasteiger partial charge < -0.3 is 11.1 Å². The van der Waals surface area contributed by atoms with Crippen LogP contribution in [0.3, 0.4) is 0 Å². The van der Waals surface area contributed by atoms with E-state index in [0.29, 0.717) is 25.1 Å². The standard InChI is InChI=1S/C12H18N4O3S/c1-14-12(17)10-4-3-7-16(10)20(18,19)11-5-2-6-15-9(11)8-13/h2,5-6,10H,3-4,7-8,13H2,1H3,(H,14,17). The highest BCUT2D eigenvalue weighted by Crippen LogP contribution is 2.27. The van der Waals surface area contributed by atoms with Gasteiger partial charge in [0.2, 0.25) is 15.9 Å². The Hall–Kier alpha value is -1.51. The maximum absolute atomic E-state index is 12.7. The molecule has 1 amide bonds. The average molecular weight is 298 g/mol. The molecule has 8 heteroatoms. The van der Waals surface area contributed by atoms with Crippen LogP contribution in [0, 0.1) is 0 Å². The van der Waals surface area contributed by atoms with Gasteiger partial charge >= 0.3 is 0 Å². The number of carbonyl (C=O) groups excluding carboxylic acids is 1. The van der Waals surface area contributed by atoms with Crippen LogP contribution < -0.4 is 11.1 Å². The van der Waals surface area contributed by atoms with Gasteiger partial charge in [0.25, 0.3) is 0 Å². The summed E-state index contributed by atoms with van der Waals surface area (Å²) in [6, 6.07) is 2.37. The molecule has 2 heterocycles. The van der Waals surface area contributed by atoms with E-state index in [1.807, 2.05) is 0 Å². The Balaban J connectivity index is 2.42. The fourth-order valence-corrected chi connectivity index (χ4v) is 4.24. The molecule has 3 N–H and O–H groups in total. The van der Waals surface area contributed by atoms with Gasteiger partial charge in [-0.15, -0.1) is 0 Å². The van der Waals surface area contributed by atoms with Gasteiger partial charge in [0, 0.05) is 26.3 Å². The summed E-state index contributed by atoms with van der Waals surface area (Å²) in [5, 5.41) is 2.50. The summed E-state index contributed by atoms with van der Waals surface area (Å²) in [4.78, 5) is 15.9. The number of nitrogens with zero attached hydrogens (tertiary/aromatic N) is 2. The molecule has 0 aliphatic carbocycles. The van der Waals surface area contributed by atoms with Crippen molar-refractivity contribution in [3.8, 4) is 0 Å². The number of hydrogen-bond acceptors (Lipinski definition) is 5. The predicted molar refractivity (Wildman–Crippen MR) is 73.1 cm³/mol. The number of likely N-dealkylation sites (N-methyl/N-ethyl adjacent to an activating group) is 1. The number of nitrogens with one attached hydrogen (secondary N) is 1. The van der Waals surface area contributed by atoms with Crippen molar-refractivity contribution >= 4 is 15.9 Å². The van der Waals surface area contributed by atoms with Gasteiger partial charge in [-0.1, -0.05) is 0 Å². The summed E-state index contributed by atoms with van der Waals surface area (Å²) < 4.78 is 26.6. The van der Waals surface area contributed by atoms with E-state index in [4.69, 9.17) is 5.73 Å². The molecule has 0 aromatic carbocycles. The van der Waals surface area contributed by atoms with Crippen molar-refractivity contribution in [3.05, 3.63) is 24.0 Å². The van der Waals surface area contributed by atoms with Crippen LogP contribution >= 0.6 is 0 Å². The van der Waals surface area contributed by atoms with Crippen LogP contribution in [0.15, 0.2) is 23.2 Å². The first-order chi connectivity index (χ1) is 9.52. The van der Waals surface area contributed by atoms with Crippen molar-refractivity contribution in [2.45, 2.75) is 30.3 Å². The number of pyridine rings is 1. The molecule has 0 radical (unpaired) electrons. The van der Waals surface area contributed by atoms with Crippen molar-refractivity contribution in [2.24, 2.45) is 5.73 Å². The zero-order chi connectivity index (χ0) is 14.8. The van der Waals surface area contributed by atoms with E-state index in [0.717, 1.165) is 0 Å². The molecular formula is C12H18N4O3S. The number of amides is 1. The molecule has 1 unspecified atom stereocenters. The summed E-state index contributed by atoms with van der Waals surface area (Å²) in [5.74, 6) is -0.288. The lowest BCUT2D eigenvalue weighted by Gasteiger charge is -2.23. The van der Waals surface area contributed by atoms with Gasteiger partial charge in [-0.05, 0) is 25.0 Å². The topological polar surface area (TPSA) is 105 Å². The third-order valence-electron chi connectivity index (χ3n) is 3.38. The smallest absolute Gasteiger partial charge is 0.245 e. The summed E-state index contributed by atoms with van der Waals surface area (Å²) in [6.07, 6.45) is 2.69. The maximum Gasteiger partial charge on any atom is 0.245 e. The average Bonchev–Trinajstić information content (AvgIpc) is 2.96. The largest absolute Gasteiger partial charge is 0.358 e. The minimum Gasteiger partial charge on any atom is -0.358 e. The molecule has 1 aromatic heterocycles. The third kappa shape index (κ3) is 2.54. The molecule has 1 aromatic rings. The Bertz CT molecular complexity index is 602. The van der Waals surface area contributed by atoms with E-state index in [9.17, 15) is 13.2 Å². The van der Waals surface area contributed by atoms with Gasteiger partial charge in [0.05, 0.1) is 5.69 Å². The molecule has 1 atom stereocenters. The van der Waals surface area contributed by atoms with Crippen molar-refractivity contribution in [1.82, 2.24) is 14.6 Å². The molecular weight excluding hydrogens is 280 g/mol. The first kappa shape index (κ1) is 14.9. The second kappa shape index (κ2) is 5.86. The van der Waals surface area contributed by atoms with Crippen molar-refractivity contribution < 1.29 is 13.2 Å². The minimum absolute atomic E-state index is 0.0356. The Labute approximate surface area is 118 Å². The lowest BCUT2D eigenvalue weighted by molar-refractivity contribution is -0.123. The predicted octanol–water partition coefficient (Wildman–Crippen LogP) is -0.561. The minimum atomic E-state index is -3.76. The maximum atomic E-state index is 12.7. The number of rotatable bonds is 4. The summed E-state index contributed by atoms with van der Waals surface area (Å²) >= 11 is 0. The molecule has 1 aliphatic rings. The monoisotopic (exact) mass is 298 g/mol. The van der Waals surface area contributed by atoms with Gasteiger partial charge in [-0.2, -0.15) is 4.31 Å². The Morgan fingerprint density at radius 2 is 2.35 bits per heavy atom. The highest BCUT2D eigenvalue weighted by Gasteiger charge is 2.39. The molecule has 2 rings (SSSR count). The molecule has 0 spiro atoms. The van der Waals surface area contributed by atoms with Crippen LogP contribution in [0.25, 0.3) is 0 Å². The number of nitrogens with two attached hydrogens (primary N) is 1. The van der Waals surface area contributed by atoms with Crippen molar-refractivity contribution in [2.75, 3.05) is 13.6 Å². The fourth-order valence-electron chi connectivity index (χ4n) is 2.39. The zero-order valence-electron chi connectivity index (χ0n) is 11.2. The molecule has 0 bridgehead atoms. The van der Waals surface area contributed by atoms with Crippen LogP contribution in [0.4, 0.5) is 0 Å². The van der Waals surface area contributed by atoms with E-state index < -0.39 is 16.1 Å².